The molecule has 0 unspecified atom stereocenters. The number of carbonyl (C=O) groups is 1. The van der Waals surface area contributed by atoms with Crippen molar-refractivity contribution in [2.75, 3.05) is 31.2 Å². The molecule has 5 nitrogen and oxygen atoms in total. The number of rotatable bonds is 4. The lowest BCUT2D eigenvalue weighted by Gasteiger charge is -2.26. The van der Waals surface area contributed by atoms with Crippen molar-refractivity contribution < 1.29 is 22.7 Å². The molecule has 9 heteroatoms. The van der Waals surface area contributed by atoms with Gasteiger partial charge in [0, 0.05) is 42.9 Å². The number of amides is 2. The Morgan fingerprint density at radius 1 is 1.41 bits per heavy atom. The molecule has 2 heterocycles. The number of urea groups is 1. The van der Waals surface area contributed by atoms with Gasteiger partial charge in [0.2, 0.25) is 0 Å². The predicted molar refractivity (Wildman–Crippen MR) is 76.9 cm³/mol. The standard InChI is InChI=1S/C13H16F3N3O2S/c14-13(15,16)9-21-11-8-17-2-1-10(11)7-18-12(20)19-3-5-22-6-4-19/h1-2,8H,3-7,9H2,(H,18,20). The van der Waals surface area contributed by atoms with E-state index in [9.17, 15) is 18.0 Å². The second-order valence-electron chi connectivity index (χ2n) is 4.65. The van der Waals surface area contributed by atoms with E-state index in [4.69, 9.17) is 4.74 Å². The molecule has 0 radical (unpaired) electrons. The van der Waals surface area contributed by atoms with Crippen LogP contribution in [0.25, 0.3) is 0 Å². The van der Waals surface area contributed by atoms with E-state index in [2.05, 4.69) is 10.3 Å². The van der Waals surface area contributed by atoms with E-state index in [0.717, 1.165) is 11.5 Å². The predicted octanol–water partition coefficient (Wildman–Crippen LogP) is 2.28. The molecule has 0 aliphatic carbocycles. The topological polar surface area (TPSA) is 54.5 Å². The number of halogens is 3. The monoisotopic (exact) mass is 335 g/mol. The van der Waals surface area contributed by atoms with Gasteiger partial charge < -0.3 is 15.0 Å². The average Bonchev–Trinajstić information content (AvgIpc) is 2.51. The number of ether oxygens (including phenoxy) is 1. The number of carbonyl (C=O) groups excluding carboxylic acids is 1. The molecule has 1 saturated heterocycles. The molecular weight excluding hydrogens is 319 g/mol. The molecule has 0 spiro atoms. The fraction of sp³-hybridized carbons (Fsp3) is 0.538. The second kappa shape index (κ2) is 7.57. The second-order valence-corrected chi connectivity index (χ2v) is 5.87. The van der Waals surface area contributed by atoms with Crippen LogP contribution in [0.4, 0.5) is 18.0 Å². The molecule has 22 heavy (non-hydrogen) atoms. The third-order valence-electron chi connectivity index (χ3n) is 2.99. The summed E-state index contributed by atoms with van der Waals surface area (Å²) < 4.78 is 41.3. The molecular formula is C13H16F3N3O2S. The lowest BCUT2D eigenvalue weighted by molar-refractivity contribution is -0.153. The van der Waals surface area contributed by atoms with Gasteiger partial charge in [-0.1, -0.05) is 0 Å². The normalized spacial score (nSPS) is 15.5. The lowest BCUT2D eigenvalue weighted by atomic mass is 10.2. The summed E-state index contributed by atoms with van der Waals surface area (Å²) in [6.45, 7) is 0.0513. The van der Waals surface area contributed by atoms with Crippen molar-refractivity contribution in [2.45, 2.75) is 12.7 Å². The Bertz CT molecular complexity index is 508. The van der Waals surface area contributed by atoms with Gasteiger partial charge in [-0.3, -0.25) is 4.98 Å². The highest BCUT2D eigenvalue weighted by Gasteiger charge is 2.29. The fourth-order valence-corrected chi connectivity index (χ4v) is 2.80. The Balaban J connectivity index is 1.90. The number of hydrogen-bond acceptors (Lipinski definition) is 4. The van der Waals surface area contributed by atoms with Crippen molar-refractivity contribution in [3.63, 3.8) is 0 Å². The number of alkyl halides is 3. The SMILES string of the molecule is O=C(NCc1ccncc1OCC(F)(F)F)N1CCSCC1. The highest BCUT2D eigenvalue weighted by Crippen LogP contribution is 2.21. The smallest absolute Gasteiger partial charge is 0.422 e. The zero-order valence-corrected chi connectivity index (χ0v) is 12.5. The van der Waals surface area contributed by atoms with Crippen molar-refractivity contribution in [1.82, 2.24) is 15.2 Å². The first kappa shape index (κ1) is 16.7. The van der Waals surface area contributed by atoms with Gasteiger partial charge in [-0.2, -0.15) is 24.9 Å². The zero-order chi connectivity index (χ0) is 16.0. The molecule has 122 valence electrons. The van der Waals surface area contributed by atoms with E-state index in [-0.39, 0.29) is 18.3 Å². The largest absolute Gasteiger partial charge is 0.482 e. The lowest BCUT2D eigenvalue weighted by Crippen LogP contribution is -2.44. The maximum atomic E-state index is 12.2. The Morgan fingerprint density at radius 3 is 2.82 bits per heavy atom. The minimum absolute atomic E-state index is 0.0225. The van der Waals surface area contributed by atoms with E-state index < -0.39 is 12.8 Å². The third-order valence-corrected chi connectivity index (χ3v) is 3.93. The molecule has 0 bridgehead atoms. The van der Waals surface area contributed by atoms with Crippen LogP contribution >= 0.6 is 11.8 Å². The molecule has 1 aliphatic rings. The van der Waals surface area contributed by atoms with E-state index in [0.29, 0.717) is 18.7 Å². The first-order valence-corrected chi connectivity index (χ1v) is 7.84. The van der Waals surface area contributed by atoms with Crippen LogP contribution in [0.3, 0.4) is 0 Å². The van der Waals surface area contributed by atoms with E-state index in [1.807, 2.05) is 0 Å². The van der Waals surface area contributed by atoms with Crippen LogP contribution in [0.2, 0.25) is 0 Å². The van der Waals surface area contributed by atoms with Gasteiger partial charge in [0.1, 0.15) is 5.75 Å². The van der Waals surface area contributed by atoms with Gasteiger partial charge in [-0.05, 0) is 6.07 Å². The van der Waals surface area contributed by atoms with E-state index >= 15 is 0 Å². The van der Waals surface area contributed by atoms with Crippen molar-refractivity contribution >= 4 is 17.8 Å². The molecule has 1 aromatic rings. The van der Waals surface area contributed by atoms with Gasteiger partial charge in [0.15, 0.2) is 6.61 Å². The average molecular weight is 335 g/mol. The number of thioether (sulfide) groups is 1. The fourth-order valence-electron chi connectivity index (χ4n) is 1.89. The highest BCUT2D eigenvalue weighted by atomic mass is 32.2. The Kier molecular flexibility index (Phi) is 5.76. The van der Waals surface area contributed by atoms with Crippen LogP contribution in [0.5, 0.6) is 5.75 Å². The minimum Gasteiger partial charge on any atom is -0.482 e. The van der Waals surface area contributed by atoms with Crippen LogP contribution in [0.1, 0.15) is 5.56 Å². The molecule has 1 aliphatic heterocycles. The van der Waals surface area contributed by atoms with Gasteiger partial charge in [-0.15, -0.1) is 0 Å². The van der Waals surface area contributed by atoms with Crippen LogP contribution < -0.4 is 10.1 Å². The molecule has 0 saturated carbocycles. The summed E-state index contributed by atoms with van der Waals surface area (Å²) in [6.07, 6.45) is -1.76. The number of aromatic nitrogens is 1. The summed E-state index contributed by atoms with van der Waals surface area (Å²) in [7, 11) is 0. The van der Waals surface area contributed by atoms with Crippen molar-refractivity contribution in [3.05, 3.63) is 24.0 Å². The van der Waals surface area contributed by atoms with Crippen LogP contribution in [-0.2, 0) is 6.54 Å². The maximum Gasteiger partial charge on any atom is 0.422 e. The Hall–Kier alpha value is -1.64. The maximum absolute atomic E-state index is 12.2. The third kappa shape index (κ3) is 5.28. The first-order valence-electron chi connectivity index (χ1n) is 6.69. The molecule has 2 amide bonds. The summed E-state index contributed by atoms with van der Waals surface area (Å²) in [5.41, 5.74) is 0.457. The zero-order valence-electron chi connectivity index (χ0n) is 11.7. The molecule has 1 fully saturated rings. The number of nitrogens with one attached hydrogen (secondary N) is 1. The van der Waals surface area contributed by atoms with Gasteiger partial charge in [-0.25, -0.2) is 4.79 Å². The van der Waals surface area contributed by atoms with E-state index in [1.165, 1.54) is 18.5 Å². The van der Waals surface area contributed by atoms with Crippen LogP contribution in [-0.4, -0.2) is 53.3 Å². The molecule has 0 aromatic carbocycles. The summed E-state index contributed by atoms with van der Waals surface area (Å²) in [6, 6.07) is 1.30. The number of pyridine rings is 1. The Morgan fingerprint density at radius 2 is 2.14 bits per heavy atom. The summed E-state index contributed by atoms with van der Waals surface area (Å²) >= 11 is 1.79. The molecule has 1 N–H and O–H groups in total. The van der Waals surface area contributed by atoms with Gasteiger partial charge in [0.05, 0.1) is 6.20 Å². The van der Waals surface area contributed by atoms with Gasteiger partial charge >= 0.3 is 12.2 Å². The summed E-state index contributed by atoms with van der Waals surface area (Å²) in [5, 5.41) is 2.69. The summed E-state index contributed by atoms with van der Waals surface area (Å²) in [5.74, 6) is 1.81. The molecule has 2 rings (SSSR count). The molecule has 1 aromatic heterocycles. The van der Waals surface area contributed by atoms with Crippen LogP contribution in [0.15, 0.2) is 18.5 Å². The van der Waals surface area contributed by atoms with Crippen molar-refractivity contribution in [2.24, 2.45) is 0 Å². The minimum atomic E-state index is -4.41. The Labute approximate surface area is 130 Å². The van der Waals surface area contributed by atoms with E-state index in [1.54, 1.807) is 16.7 Å². The number of hydrogen-bond donors (Lipinski definition) is 1. The van der Waals surface area contributed by atoms with Gasteiger partial charge in [0.25, 0.3) is 0 Å². The quantitative estimate of drug-likeness (QED) is 0.917. The summed E-state index contributed by atoms with van der Waals surface area (Å²) in [4.78, 5) is 17.4. The first-order chi connectivity index (χ1) is 10.5. The number of nitrogens with zero attached hydrogens (tertiary/aromatic N) is 2. The van der Waals surface area contributed by atoms with Crippen molar-refractivity contribution in [1.29, 1.82) is 0 Å². The molecule has 0 atom stereocenters. The van der Waals surface area contributed by atoms with Crippen LogP contribution in [0, 0.1) is 0 Å². The highest BCUT2D eigenvalue weighted by molar-refractivity contribution is 7.99. The van der Waals surface area contributed by atoms with Crippen molar-refractivity contribution in [3.8, 4) is 5.75 Å².